The van der Waals surface area contributed by atoms with Crippen LogP contribution in [-0.2, 0) is 4.79 Å². The van der Waals surface area contributed by atoms with Crippen LogP contribution < -0.4 is 5.32 Å². The van der Waals surface area contributed by atoms with E-state index in [0.29, 0.717) is 16.5 Å². The molecule has 0 fully saturated rings. The minimum Gasteiger partial charge on any atom is -0.478 e. The molecule has 0 saturated heterocycles. The highest BCUT2D eigenvalue weighted by atomic mass is 32.2. The first-order valence-electron chi connectivity index (χ1n) is 8.57. The van der Waals surface area contributed by atoms with Crippen LogP contribution in [0.25, 0.3) is 16.6 Å². The van der Waals surface area contributed by atoms with E-state index < -0.39 is 11.2 Å². The predicted molar refractivity (Wildman–Crippen MR) is 108 cm³/mol. The van der Waals surface area contributed by atoms with E-state index in [0.717, 1.165) is 10.9 Å². The molecule has 0 aliphatic rings. The van der Waals surface area contributed by atoms with E-state index in [1.165, 1.54) is 23.9 Å². The number of amides is 1. The van der Waals surface area contributed by atoms with Crippen molar-refractivity contribution >= 4 is 45.9 Å². The molecule has 140 valence electrons. The van der Waals surface area contributed by atoms with Gasteiger partial charge in [0.25, 0.3) is 0 Å². The van der Waals surface area contributed by atoms with Crippen LogP contribution in [-0.4, -0.2) is 36.8 Å². The number of carbonyl (C=O) groups excluding carboxylic acids is 1. The van der Waals surface area contributed by atoms with Crippen molar-refractivity contribution < 1.29 is 14.7 Å². The molecule has 8 heteroatoms. The minimum atomic E-state index is -1.04. The topological polar surface area (TPSA) is 96.6 Å². The zero-order valence-corrected chi connectivity index (χ0v) is 15.7. The van der Waals surface area contributed by atoms with E-state index in [2.05, 4.69) is 15.5 Å². The largest absolute Gasteiger partial charge is 0.478 e. The Bertz CT molecular complexity index is 1200. The second-order valence-corrected chi connectivity index (χ2v) is 7.51. The van der Waals surface area contributed by atoms with E-state index in [9.17, 15) is 9.59 Å². The molecule has 1 amide bonds. The van der Waals surface area contributed by atoms with E-state index in [1.807, 2.05) is 40.8 Å². The Hall–Kier alpha value is -3.39. The first-order valence-corrected chi connectivity index (χ1v) is 9.44. The van der Waals surface area contributed by atoms with Gasteiger partial charge in [-0.2, -0.15) is 0 Å². The van der Waals surface area contributed by atoms with Gasteiger partial charge in [0.2, 0.25) is 5.91 Å². The van der Waals surface area contributed by atoms with Crippen molar-refractivity contribution in [1.29, 1.82) is 0 Å². The molecule has 1 unspecified atom stereocenters. The van der Waals surface area contributed by atoms with Gasteiger partial charge < -0.3 is 10.4 Å². The normalized spacial score (nSPS) is 12.2. The van der Waals surface area contributed by atoms with Gasteiger partial charge in [-0.25, -0.2) is 4.79 Å². The summed E-state index contributed by atoms with van der Waals surface area (Å²) in [7, 11) is 0. The average molecular weight is 392 g/mol. The summed E-state index contributed by atoms with van der Waals surface area (Å²) < 4.78 is 1.93. The molecule has 0 aliphatic carbocycles. The molecule has 4 aromatic rings. The first-order chi connectivity index (χ1) is 13.5. The molecule has 28 heavy (non-hydrogen) atoms. The van der Waals surface area contributed by atoms with Crippen molar-refractivity contribution in [2.24, 2.45) is 0 Å². The van der Waals surface area contributed by atoms with Crippen LogP contribution in [0, 0.1) is 0 Å². The molecular weight excluding hydrogens is 376 g/mol. The summed E-state index contributed by atoms with van der Waals surface area (Å²) in [5.74, 6) is -1.29. The third-order valence-corrected chi connectivity index (χ3v) is 5.32. The molecule has 2 heterocycles. The maximum absolute atomic E-state index is 12.6. The number of nitrogens with one attached hydrogen (secondary N) is 1. The Balaban J connectivity index is 1.57. The maximum Gasteiger partial charge on any atom is 0.335 e. The molecule has 0 saturated carbocycles. The van der Waals surface area contributed by atoms with Crippen LogP contribution in [0.5, 0.6) is 0 Å². The molecule has 7 nitrogen and oxygen atoms in total. The number of benzene rings is 2. The monoisotopic (exact) mass is 392 g/mol. The quantitative estimate of drug-likeness (QED) is 0.503. The molecule has 0 bridgehead atoms. The van der Waals surface area contributed by atoms with Gasteiger partial charge >= 0.3 is 5.97 Å². The Kier molecular flexibility index (Phi) is 4.70. The zero-order valence-electron chi connectivity index (χ0n) is 14.9. The van der Waals surface area contributed by atoms with Gasteiger partial charge in [-0.05, 0) is 48.7 Å². The van der Waals surface area contributed by atoms with Crippen LogP contribution in [0.3, 0.4) is 0 Å². The number of fused-ring (bicyclic) bond motifs is 3. The number of anilines is 1. The molecule has 2 N–H and O–H groups in total. The van der Waals surface area contributed by atoms with Crippen LogP contribution in [0.2, 0.25) is 0 Å². The summed E-state index contributed by atoms with van der Waals surface area (Å²) in [6.07, 6.45) is 0. The minimum absolute atomic E-state index is 0.119. The number of para-hydroxylation sites is 1. The van der Waals surface area contributed by atoms with Gasteiger partial charge in [0, 0.05) is 5.69 Å². The summed E-state index contributed by atoms with van der Waals surface area (Å²) in [6, 6.07) is 17.9. The van der Waals surface area contributed by atoms with Crippen molar-refractivity contribution in [3.63, 3.8) is 0 Å². The summed E-state index contributed by atoms with van der Waals surface area (Å²) in [5.41, 5.74) is 2.24. The van der Waals surface area contributed by atoms with Gasteiger partial charge in [0.15, 0.2) is 10.8 Å². The third kappa shape index (κ3) is 3.41. The lowest BCUT2D eigenvalue weighted by atomic mass is 10.2. The summed E-state index contributed by atoms with van der Waals surface area (Å²) in [5, 5.41) is 21.5. The first kappa shape index (κ1) is 18.0. The molecular formula is C20H16N4O3S. The number of thioether (sulfide) groups is 1. The number of carboxylic acids is 1. The van der Waals surface area contributed by atoms with Gasteiger partial charge in [-0.15, -0.1) is 10.2 Å². The Labute approximate surface area is 164 Å². The molecule has 4 rings (SSSR count). The molecule has 2 aromatic carbocycles. The Morgan fingerprint density at radius 1 is 1.07 bits per heavy atom. The van der Waals surface area contributed by atoms with Gasteiger partial charge in [0.1, 0.15) is 0 Å². The number of rotatable bonds is 5. The number of aromatic carboxylic acids is 1. The highest BCUT2D eigenvalue weighted by Crippen LogP contribution is 2.26. The second-order valence-electron chi connectivity index (χ2n) is 6.20. The number of nitrogens with zero attached hydrogens (tertiary/aromatic N) is 3. The Morgan fingerprint density at radius 3 is 2.71 bits per heavy atom. The Morgan fingerprint density at radius 2 is 1.89 bits per heavy atom. The lowest BCUT2D eigenvalue weighted by molar-refractivity contribution is -0.115. The van der Waals surface area contributed by atoms with Gasteiger partial charge in [-0.1, -0.05) is 36.0 Å². The number of aromatic nitrogens is 3. The van der Waals surface area contributed by atoms with E-state index >= 15 is 0 Å². The van der Waals surface area contributed by atoms with Gasteiger partial charge in [0.05, 0.1) is 16.3 Å². The summed E-state index contributed by atoms with van der Waals surface area (Å²) >= 11 is 1.29. The average Bonchev–Trinajstić information content (AvgIpc) is 3.11. The number of carboxylic acid groups (broad SMARTS) is 1. The molecule has 0 aliphatic heterocycles. The van der Waals surface area contributed by atoms with Crippen LogP contribution in [0.1, 0.15) is 17.3 Å². The van der Waals surface area contributed by atoms with Crippen molar-refractivity contribution in [1.82, 2.24) is 14.6 Å². The highest BCUT2D eigenvalue weighted by molar-refractivity contribution is 8.00. The van der Waals surface area contributed by atoms with E-state index in [4.69, 9.17) is 5.11 Å². The fraction of sp³-hybridized carbons (Fsp3) is 0.100. The number of hydrogen-bond donors (Lipinski definition) is 2. The molecule has 2 aromatic heterocycles. The van der Waals surface area contributed by atoms with Crippen LogP contribution in [0.15, 0.2) is 65.8 Å². The zero-order chi connectivity index (χ0) is 19.7. The molecule has 0 radical (unpaired) electrons. The van der Waals surface area contributed by atoms with Crippen molar-refractivity contribution in [3.05, 3.63) is 66.2 Å². The number of carbonyl (C=O) groups is 2. The fourth-order valence-electron chi connectivity index (χ4n) is 2.87. The number of hydrogen-bond acceptors (Lipinski definition) is 5. The number of pyridine rings is 1. The summed E-state index contributed by atoms with van der Waals surface area (Å²) in [6.45, 7) is 1.77. The molecule has 0 spiro atoms. The van der Waals surface area contributed by atoms with Crippen molar-refractivity contribution in [2.75, 3.05) is 5.32 Å². The lowest BCUT2D eigenvalue weighted by Crippen LogP contribution is -2.22. The smallest absolute Gasteiger partial charge is 0.335 e. The SMILES string of the molecule is CC(Sc1nnc2ccc3ccccc3n12)C(=O)Nc1cccc(C(=O)O)c1. The van der Waals surface area contributed by atoms with E-state index in [-0.39, 0.29) is 11.5 Å². The standard InChI is InChI=1S/C20H16N4O3S/c1-12(18(25)21-15-7-4-6-14(11-15)19(26)27)28-20-23-22-17-10-9-13-5-2-3-8-16(13)24(17)20/h2-12H,1H3,(H,21,25)(H,26,27). The van der Waals surface area contributed by atoms with Crippen molar-refractivity contribution in [2.45, 2.75) is 17.3 Å². The summed E-state index contributed by atoms with van der Waals surface area (Å²) in [4.78, 5) is 23.7. The van der Waals surface area contributed by atoms with E-state index in [1.54, 1.807) is 19.1 Å². The molecule has 1 atom stereocenters. The van der Waals surface area contributed by atoms with Crippen LogP contribution >= 0.6 is 11.8 Å². The highest BCUT2D eigenvalue weighted by Gasteiger charge is 2.19. The van der Waals surface area contributed by atoms with Crippen LogP contribution in [0.4, 0.5) is 5.69 Å². The van der Waals surface area contributed by atoms with Gasteiger partial charge in [-0.3, -0.25) is 9.20 Å². The van der Waals surface area contributed by atoms with Crippen molar-refractivity contribution in [3.8, 4) is 0 Å². The second kappa shape index (κ2) is 7.32. The predicted octanol–water partition coefficient (Wildman–Crippen LogP) is 3.70. The third-order valence-electron chi connectivity index (χ3n) is 4.28. The lowest BCUT2D eigenvalue weighted by Gasteiger charge is -2.12. The fourth-order valence-corrected chi connectivity index (χ4v) is 3.74. The maximum atomic E-state index is 12.6.